The van der Waals surface area contributed by atoms with Gasteiger partial charge in [0.15, 0.2) is 0 Å². The van der Waals surface area contributed by atoms with Crippen LogP contribution in [0.25, 0.3) is 11.3 Å². The van der Waals surface area contributed by atoms with Crippen molar-refractivity contribution >= 4 is 11.3 Å². The van der Waals surface area contributed by atoms with Crippen molar-refractivity contribution in [3.63, 3.8) is 0 Å². The van der Waals surface area contributed by atoms with Gasteiger partial charge in [0.2, 0.25) is 0 Å². The van der Waals surface area contributed by atoms with Gasteiger partial charge in [0.1, 0.15) is 11.5 Å². The first-order valence-corrected chi connectivity index (χ1v) is 7.66. The fourth-order valence-corrected chi connectivity index (χ4v) is 2.62. The van der Waals surface area contributed by atoms with Crippen molar-refractivity contribution < 1.29 is 4.39 Å². The van der Waals surface area contributed by atoms with Crippen LogP contribution in [-0.4, -0.2) is 9.97 Å². The zero-order chi connectivity index (χ0) is 15.5. The molecule has 22 heavy (non-hydrogen) atoms. The molecule has 0 aliphatic carbocycles. The number of benzene rings is 1. The third-order valence-electron chi connectivity index (χ3n) is 3.06. The number of aryl methyl sites for hydroxylation is 2. The predicted octanol–water partition coefficient (Wildman–Crippen LogP) is 4.36. The maximum absolute atomic E-state index is 13.4. The van der Waals surface area contributed by atoms with E-state index >= 15 is 0 Å². The van der Waals surface area contributed by atoms with Crippen molar-refractivity contribution in [2.75, 3.05) is 0 Å². The number of hydrogen-bond acceptors (Lipinski definition) is 3. The first kappa shape index (κ1) is 14.4. The monoisotopic (exact) mass is 308 g/mol. The molecule has 4 heteroatoms. The van der Waals surface area contributed by atoms with Crippen LogP contribution in [0.5, 0.6) is 0 Å². The van der Waals surface area contributed by atoms with E-state index < -0.39 is 0 Å². The van der Waals surface area contributed by atoms with Crippen LogP contribution in [0.4, 0.5) is 4.39 Å². The van der Waals surface area contributed by atoms with Crippen LogP contribution >= 0.6 is 11.3 Å². The van der Waals surface area contributed by atoms with Gasteiger partial charge in [0, 0.05) is 22.7 Å². The van der Waals surface area contributed by atoms with E-state index in [-0.39, 0.29) is 5.82 Å². The maximum atomic E-state index is 13.4. The Kier molecular flexibility index (Phi) is 3.99. The highest BCUT2D eigenvalue weighted by molar-refractivity contribution is 7.09. The lowest BCUT2D eigenvalue weighted by Crippen LogP contribution is -1.87. The summed E-state index contributed by atoms with van der Waals surface area (Å²) < 4.78 is 13.4. The van der Waals surface area contributed by atoms with E-state index in [1.165, 1.54) is 12.1 Å². The molecule has 2 heterocycles. The summed E-state index contributed by atoms with van der Waals surface area (Å²) in [5.74, 6) is 5.79. The molecule has 0 aliphatic heterocycles. The zero-order valence-corrected chi connectivity index (χ0v) is 13.0. The molecule has 0 saturated carbocycles. The Labute approximate surface area is 132 Å². The predicted molar refractivity (Wildman–Crippen MR) is 87.2 cm³/mol. The van der Waals surface area contributed by atoms with Crippen LogP contribution in [0, 0.1) is 31.5 Å². The molecule has 0 saturated heterocycles. The first-order chi connectivity index (χ1) is 10.6. The SMILES string of the molecule is Cc1cc(F)cc(-c2ccc(C#Cc3csc(C)n3)cn2)c1. The molecule has 0 atom stereocenters. The largest absolute Gasteiger partial charge is 0.255 e. The number of nitrogens with zero attached hydrogens (tertiary/aromatic N) is 2. The van der Waals surface area contributed by atoms with Crippen LogP contribution < -0.4 is 0 Å². The lowest BCUT2D eigenvalue weighted by Gasteiger charge is -2.03. The fourth-order valence-electron chi connectivity index (χ4n) is 2.08. The van der Waals surface area contributed by atoms with Crippen molar-refractivity contribution in [1.82, 2.24) is 9.97 Å². The third kappa shape index (κ3) is 3.38. The normalized spacial score (nSPS) is 10.1. The van der Waals surface area contributed by atoms with Gasteiger partial charge in [-0.2, -0.15) is 0 Å². The summed E-state index contributed by atoms with van der Waals surface area (Å²) in [5, 5.41) is 2.93. The standard InChI is InChI=1S/C18H13FN2S/c1-12-7-15(9-16(19)8-12)18-6-4-14(10-20-18)3-5-17-11-22-13(2)21-17/h4,6-11H,1-2H3. The highest BCUT2D eigenvalue weighted by Crippen LogP contribution is 2.20. The second-order valence-electron chi connectivity index (χ2n) is 4.95. The molecule has 0 bridgehead atoms. The second-order valence-corrected chi connectivity index (χ2v) is 6.01. The van der Waals surface area contributed by atoms with Crippen LogP contribution in [0.15, 0.2) is 41.9 Å². The molecule has 2 aromatic heterocycles. The molecule has 0 fully saturated rings. The summed E-state index contributed by atoms with van der Waals surface area (Å²) in [4.78, 5) is 8.65. The van der Waals surface area contributed by atoms with Gasteiger partial charge in [-0.25, -0.2) is 9.37 Å². The topological polar surface area (TPSA) is 25.8 Å². The number of thiazole rings is 1. The molecule has 2 nitrogen and oxygen atoms in total. The molecule has 0 spiro atoms. The van der Waals surface area contributed by atoms with Crippen molar-refractivity contribution in [2.24, 2.45) is 0 Å². The van der Waals surface area contributed by atoms with Crippen molar-refractivity contribution in [3.8, 4) is 23.1 Å². The molecule has 0 radical (unpaired) electrons. The molecule has 0 N–H and O–H groups in total. The Morgan fingerprint density at radius 1 is 1.09 bits per heavy atom. The molecular formula is C18H13FN2S. The van der Waals surface area contributed by atoms with E-state index in [4.69, 9.17) is 0 Å². The Bertz CT molecular complexity index is 850. The number of rotatable bonds is 1. The quantitative estimate of drug-likeness (QED) is 0.624. The van der Waals surface area contributed by atoms with Crippen molar-refractivity contribution in [3.05, 3.63) is 69.6 Å². The Morgan fingerprint density at radius 3 is 2.59 bits per heavy atom. The van der Waals surface area contributed by atoms with Crippen LogP contribution in [0.2, 0.25) is 0 Å². The van der Waals surface area contributed by atoms with Gasteiger partial charge >= 0.3 is 0 Å². The van der Waals surface area contributed by atoms with Gasteiger partial charge in [-0.15, -0.1) is 11.3 Å². The van der Waals surface area contributed by atoms with Gasteiger partial charge in [-0.05, 0) is 55.7 Å². The maximum Gasteiger partial charge on any atom is 0.124 e. The minimum atomic E-state index is -0.250. The van der Waals surface area contributed by atoms with Crippen LogP contribution in [0.1, 0.15) is 21.8 Å². The van der Waals surface area contributed by atoms with E-state index in [1.54, 1.807) is 17.5 Å². The smallest absolute Gasteiger partial charge is 0.124 e. The van der Waals surface area contributed by atoms with Crippen molar-refractivity contribution in [2.45, 2.75) is 13.8 Å². The van der Waals surface area contributed by atoms with E-state index in [2.05, 4.69) is 21.8 Å². The first-order valence-electron chi connectivity index (χ1n) is 6.78. The molecule has 0 amide bonds. The summed E-state index contributed by atoms with van der Waals surface area (Å²) >= 11 is 1.58. The molecule has 0 unspecified atom stereocenters. The molecule has 3 aromatic rings. The number of halogens is 1. The van der Waals surface area contributed by atoms with Gasteiger partial charge in [0.25, 0.3) is 0 Å². The fraction of sp³-hybridized carbons (Fsp3) is 0.111. The summed E-state index contributed by atoms with van der Waals surface area (Å²) in [7, 11) is 0. The average Bonchev–Trinajstić information content (AvgIpc) is 2.90. The highest BCUT2D eigenvalue weighted by Gasteiger charge is 2.02. The summed E-state index contributed by atoms with van der Waals surface area (Å²) in [6, 6.07) is 8.63. The average molecular weight is 308 g/mol. The van der Waals surface area contributed by atoms with Crippen molar-refractivity contribution in [1.29, 1.82) is 0 Å². The Balaban J connectivity index is 1.85. The Hall–Kier alpha value is -2.51. The zero-order valence-electron chi connectivity index (χ0n) is 12.2. The lowest BCUT2D eigenvalue weighted by atomic mass is 10.1. The van der Waals surface area contributed by atoms with Gasteiger partial charge in [0.05, 0.1) is 10.7 Å². The van der Waals surface area contributed by atoms with Gasteiger partial charge in [-0.3, -0.25) is 4.98 Å². The minimum absolute atomic E-state index is 0.250. The minimum Gasteiger partial charge on any atom is -0.255 e. The molecule has 108 valence electrons. The number of hydrogen-bond donors (Lipinski definition) is 0. The second kappa shape index (κ2) is 6.08. The van der Waals surface area contributed by atoms with Crippen LogP contribution in [-0.2, 0) is 0 Å². The highest BCUT2D eigenvalue weighted by atomic mass is 32.1. The van der Waals surface area contributed by atoms with E-state index in [0.717, 1.165) is 33.1 Å². The number of pyridine rings is 1. The van der Waals surface area contributed by atoms with Crippen LogP contribution in [0.3, 0.4) is 0 Å². The molecule has 1 aromatic carbocycles. The molecule has 3 rings (SSSR count). The molecule has 0 aliphatic rings. The van der Waals surface area contributed by atoms with E-state index in [9.17, 15) is 4.39 Å². The summed E-state index contributed by atoms with van der Waals surface area (Å²) in [6.07, 6.45) is 1.70. The molecular weight excluding hydrogens is 295 g/mol. The summed E-state index contributed by atoms with van der Waals surface area (Å²) in [5.41, 5.74) is 3.96. The van der Waals surface area contributed by atoms with E-state index in [1.807, 2.05) is 37.4 Å². The lowest BCUT2D eigenvalue weighted by molar-refractivity contribution is 0.627. The Morgan fingerprint density at radius 2 is 1.95 bits per heavy atom. The van der Waals surface area contributed by atoms with Gasteiger partial charge in [-0.1, -0.05) is 5.92 Å². The number of aromatic nitrogens is 2. The van der Waals surface area contributed by atoms with E-state index in [0.29, 0.717) is 0 Å². The van der Waals surface area contributed by atoms with Gasteiger partial charge < -0.3 is 0 Å². The summed E-state index contributed by atoms with van der Waals surface area (Å²) in [6.45, 7) is 3.81. The third-order valence-corrected chi connectivity index (χ3v) is 3.83.